The Kier molecular flexibility index (Phi) is 19.1. The maximum absolute atomic E-state index is 10.1. The molecule has 3 atom stereocenters. The Morgan fingerprint density at radius 1 is 0.632 bits per heavy atom. The van der Waals surface area contributed by atoms with Crippen LogP contribution in [0, 0.1) is 0 Å². The van der Waals surface area contributed by atoms with Gasteiger partial charge in [-0.1, -0.05) is 20.8 Å². The van der Waals surface area contributed by atoms with Gasteiger partial charge >= 0.3 is 0 Å². The molecule has 120 valence electrons. The van der Waals surface area contributed by atoms with Crippen LogP contribution in [0.2, 0.25) is 0 Å². The third-order valence-electron chi connectivity index (χ3n) is 1.76. The largest absolute Gasteiger partial charge is 0.344 e. The van der Waals surface area contributed by atoms with Crippen LogP contribution in [-0.2, 0) is 13.7 Å². The summed E-state index contributed by atoms with van der Waals surface area (Å²) in [5.74, 6) is 0. The monoisotopic (exact) mass is 354 g/mol. The van der Waals surface area contributed by atoms with Gasteiger partial charge in [-0.2, -0.15) is 0 Å². The molecule has 0 aliphatic heterocycles. The van der Waals surface area contributed by atoms with E-state index in [-0.39, 0.29) is 17.4 Å². The van der Waals surface area contributed by atoms with Gasteiger partial charge in [-0.25, -0.2) is 0 Å². The van der Waals surface area contributed by atoms with Crippen LogP contribution in [0.1, 0.15) is 20.8 Å². The van der Waals surface area contributed by atoms with E-state index in [1.165, 1.54) is 20.0 Å². The predicted octanol–water partition coefficient (Wildman–Crippen LogP) is 1.54. The maximum Gasteiger partial charge on any atom is 0.197 e. The molecule has 0 bridgehead atoms. The van der Waals surface area contributed by atoms with E-state index in [2.05, 4.69) is 0 Å². The van der Waals surface area contributed by atoms with E-state index >= 15 is 0 Å². The molecule has 0 saturated carbocycles. The van der Waals surface area contributed by atoms with E-state index in [1.807, 2.05) is 0 Å². The summed E-state index contributed by atoms with van der Waals surface area (Å²) in [5, 5.41) is 0. The fourth-order valence-electron chi connectivity index (χ4n) is 0. The highest BCUT2D eigenvalue weighted by molar-refractivity contribution is 7.57. The summed E-state index contributed by atoms with van der Waals surface area (Å²) in [6.45, 7) is 9.15. The molecular weight excluding hydrogens is 324 g/mol. The van der Waals surface area contributed by atoms with E-state index in [0.29, 0.717) is 18.5 Å². The topological polar surface area (TPSA) is 112 Å². The molecule has 0 aromatic rings. The van der Waals surface area contributed by atoms with Crippen LogP contribution in [0.15, 0.2) is 0 Å². The normalized spacial score (nSPS) is 18.8. The molecule has 0 amide bonds. The van der Waals surface area contributed by atoms with Crippen molar-refractivity contribution in [3.63, 3.8) is 0 Å². The highest BCUT2D eigenvalue weighted by Gasteiger charge is 2.02. The standard InChI is InChI=1S/3C3H9O2P.Al.3H/c3*1-3-6(2,4)5;;;;/h3*3H2,1-2H3,(H,4,5);;;;. The van der Waals surface area contributed by atoms with Gasteiger partial charge in [-0.3, -0.25) is 13.7 Å². The predicted molar refractivity (Wildman–Crippen MR) is 88.8 cm³/mol. The molecule has 0 aromatic heterocycles. The summed E-state index contributed by atoms with van der Waals surface area (Å²) in [7, 11) is -7.94. The zero-order valence-electron chi connectivity index (χ0n) is 12.0. The van der Waals surface area contributed by atoms with Crippen molar-refractivity contribution in [1.82, 2.24) is 0 Å². The van der Waals surface area contributed by atoms with Gasteiger partial charge in [0.05, 0.1) is 0 Å². The molecule has 6 nitrogen and oxygen atoms in total. The van der Waals surface area contributed by atoms with E-state index in [9.17, 15) is 13.7 Å². The first-order chi connectivity index (χ1) is 7.68. The second-order valence-corrected chi connectivity index (χ2v) is 12.3. The van der Waals surface area contributed by atoms with E-state index in [4.69, 9.17) is 14.7 Å². The second kappa shape index (κ2) is 12.8. The number of hydrogen-bond donors (Lipinski definition) is 3. The molecule has 0 rings (SSSR count). The minimum atomic E-state index is -2.65. The van der Waals surface area contributed by atoms with Gasteiger partial charge in [0.2, 0.25) is 0 Å². The van der Waals surface area contributed by atoms with Crippen molar-refractivity contribution >= 4 is 39.5 Å². The van der Waals surface area contributed by atoms with Gasteiger partial charge in [-0.05, 0) is 0 Å². The summed E-state index contributed by atoms with van der Waals surface area (Å²) in [6, 6.07) is 0. The van der Waals surface area contributed by atoms with E-state index in [1.54, 1.807) is 20.8 Å². The average Bonchev–Trinajstić information content (AvgIpc) is 2.16. The molecule has 0 heterocycles. The van der Waals surface area contributed by atoms with Crippen LogP contribution in [-0.4, -0.2) is 70.5 Å². The first kappa shape index (κ1) is 28.3. The third kappa shape index (κ3) is 54.7. The van der Waals surface area contributed by atoms with Crippen molar-refractivity contribution in [1.29, 1.82) is 0 Å². The van der Waals surface area contributed by atoms with Crippen LogP contribution in [0.25, 0.3) is 0 Å². The van der Waals surface area contributed by atoms with Gasteiger partial charge in [0.15, 0.2) is 39.5 Å². The number of rotatable bonds is 3. The second-order valence-electron chi connectivity index (χ2n) is 4.10. The molecule has 10 heteroatoms. The summed E-state index contributed by atoms with van der Waals surface area (Å²) < 4.78 is 30.4. The Hall–Kier alpha value is 1.10. The van der Waals surface area contributed by atoms with Crippen LogP contribution in [0.3, 0.4) is 0 Å². The smallest absolute Gasteiger partial charge is 0.197 e. The zero-order chi connectivity index (χ0) is 15.6. The van der Waals surface area contributed by atoms with Crippen molar-refractivity contribution in [3.05, 3.63) is 0 Å². The van der Waals surface area contributed by atoms with Crippen molar-refractivity contribution in [2.75, 3.05) is 38.5 Å². The number of hydrogen-bond acceptors (Lipinski definition) is 3. The Labute approximate surface area is 127 Å². The minimum absolute atomic E-state index is 0. The fraction of sp³-hybridized carbons (Fsp3) is 1.00. The van der Waals surface area contributed by atoms with E-state index in [0.717, 1.165) is 0 Å². The van der Waals surface area contributed by atoms with Crippen LogP contribution in [0.4, 0.5) is 0 Å². The minimum Gasteiger partial charge on any atom is -0.344 e. The van der Waals surface area contributed by atoms with Crippen molar-refractivity contribution in [2.24, 2.45) is 0 Å². The quantitative estimate of drug-likeness (QED) is 0.524. The highest BCUT2D eigenvalue weighted by atomic mass is 31.2. The van der Waals surface area contributed by atoms with E-state index < -0.39 is 22.1 Å². The molecule has 0 aromatic carbocycles. The van der Waals surface area contributed by atoms with Gasteiger partial charge in [0.25, 0.3) is 0 Å². The van der Waals surface area contributed by atoms with Gasteiger partial charge in [0.1, 0.15) is 0 Å². The lowest BCUT2D eigenvalue weighted by Crippen LogP contribution is -1.75. The van der Waals surface area contributed by atoms with Gasteiger partial charge in [0, 0.05) is 38.5 Å². The van der Waals surface area contributed by atoms with Gasteiger partial charge < -0.3 is 14.7 Å². The van der Waals surface area contributed by atoms with Crippen LogP contribution in [0.5, 0.6) is 0 Å². The van der Waals surface area contributed by atoms with Crippen LogP contribution < -0.4 is 0 Å². The molecule has 0 aliphatic rings. The lowest BCUT2D eigenvalue weighted by Gasteiger charge is -1.94. The maximum atomic E-state index is 10.1. The van der Waals surface area contributed by atoms with Crippen LogP contribution >= 0.6 is 22.1 Å². The molecule has 0 radical (unpaired) electrons. The SMILES string of the molecule is CCP(C)(=O)O.CCP(C)(=O)O.CCP(C)(=O)O.[AlH3]. The fourth-order valence-corrected chi connectivity index (χ4v) is 0. The zero-order valence-corrected chi connectivity index (χ0v) is 14.7. The van der Waals surface area contributed by atoms with Crippen molar-refractivity contribution in [2.45, 2.75) is 20.8 Å². The molecule has 0 saturated heterocycles. The molecule has 3 N–H and O–H groups in total. The molecule has 0 spiro atoms. The lowest BCUT2D eigenvalue weighted by molar-refractivity contribution is 0.485. The molecular formula is C9H30AlO6P3. The highest BCUT2D eigenvalue weighted by Crippen LogP contribution is 2.34. The Balaban J connectivity index is -0.0000000865. The Morgan fingerprint density at radius 2 is 0.684 bits per heavy atom. The third-order valence-corrected chi connectivity index (χ3v) is 5.28. The summed E-state index contributed by atoms with van der Waals surface area (Å²) in [5.41, 5.74) is 0. The average molecular weight is 354 g/mol. The molecule has 0 fully saturated rings. The first-order valence-corrected chi connectivity index (χ1v) is 12.4. The lowest BCUT2D eigenvalue weighted by atomic mass is 11.0. The van der Waals surface area contributed by atoms with Crippen molar-refractivity contribution in [3.8, 4) is 0 Å². The Bertz CT molecular complexity index is 277. The first-order valence-electron chi connectivity index (χ1n) is 5.56. The Morgan fingerprint density at radius 3 is 0.684 bits per heavy atom. The summed E-state index contributed by atoms with van der Waals surface area (Å²) >= 11 is 0. The summed E-state index contributed by atoms with van der Waals surface area (Å²) in [6.07, 6.45) is 1.15. The molecule has 3 unspecified atom stereocenters. The molecule has 0 aliphatic carbocycles. The van der Waals surface area contributed by atoms with Gasteiger partial charge in [-0.15, -0.1) is 0 Å². The van der Waals surface area contributed by atoms with Crippen molar-refractivity contribution < 1.29 is 28.4 Å². The summed E-state index contributed by atoms with van der Waals surface area (Å²) in [4.78, 5) is 25.1. The molecule has 19 heavy (non-hydrogen) atoms.